The second-order valence-electron chi connectivity index (χ2n) is 5.66. The quantitative estimate of drug-likeness (QED) is 0.773. The average molecular weight is 263 g/mol. The third kappa shape index (κ3) is 4.84. The van der Waals surface area contributed by atoms with Crippen LogP contribution in [0.4, 0.5) is 0 Å². The van der Waals surface area contributed by atoms with Crippen molar-refractivity contribution >= 4 is 18.3 Å². The van der Waals surface area contributed by atoms with Gasteiger partial charge in [-0.2, -0.15) is 0 Å². The van der Waals surface area contributed by atoms with Crippen molar-refractivity contribution in [2.24, 2.45) is 17.6 Å². The molecule has 1 fully saturated rings. The smallest absolute Gasteiger partial charge is 0.220 e. The van der Waals surface area contributed by atoms with Gasteiger partial charge in [0.05, 0.1) is 5.54 Å². The molecular formula is C13H27ClN2O. The highest BCUT2D eigenvalue weighted by atomic mass is 35.5. The Hall–Kier alpha value is -0.280. The molecule has 1 unspecified atom stereocenters. The van der Waals surface area contributed by atoms with Gasteiger partial charge in [-0.15, -0.1) is 12.4 Å². The van der Waals surface area contributed by atoms with E-state index in [2.05, 4.69) is 19.2 Å². The Bertz CT molecular complexity index is 242. The molecule has 102 valence electrons. The number of carbonyl (C=O) groups is 1. The maximum atomic E-state index is 11.8. The molecule has 0 aromatic heterocycles. The van der Waals surface area contributed by atoms with Gasteiger partial charge in [-0.1, -0.05) is 33.1 Å². The summed E-state index contributed by atoms with van der Waals surface area (Å²) >= 11 is 0. The summed E-state index contributed by atoms with van der Waals surface area (Å²) in [6, 6.07) is 0. The molecule has 1 saturated carbocycles. The Labute approximate surface area is 111 Å². The van der Waals surface area contributed by atoms with Crippen LogP contribution >= 0.6 is 12.4 Å². The van der Waals surface area contributed by atoms with Crippen molar-refractivity contribution in [1.29, 1.82) is 0 Å². The fourth-order valence-corrected chi connectivity index (χ4v) is 1.93. The third-order valence-electron chi connectivity index (χ3n) is 4.13. The molecule has 0 aromatic carbocycles. The number of carbonyl (C=O) groups excluding carboxylic acids is 1. The minimum atomic E-state index is -0.253. The Balaban J connectivity index is 0.00000256. The van der Waals surface area contributed by atoms with Gasteiger partial charge in [-0.25, -0.2) is 0 Å². The Kier molecular flexibility index (Phi) is 7.10. The molecule has 1 aliphatic rings. The van der Waals surface area contributed by atoms with Crippen LogP contribution < -0.4 is 11.1 Å². The lowest BCUT2D eigenvalue weighted by atomic mass is 9.82. The number of halogens is 1. The lowest BCUT2D eigenvalue weighted by molar-refractivity contribution is -0.123. The summed E-state index contributed by atoms with van der Waals surface area (Å²) in [7, 11) is 0. The highest BCUT2D eigenvalue weighted by Gasteiger charge is 2.28. The second kappa shape index (κ2) is 7.22. The second-order valence-corrected chi connectivity index (χ2v) is 5.66. The summed E-state index contributed by atoms with van der Waals surface area (Å²) in [5, 5.41) is 3.08. The number of amides is 1. The van der Waals surface area contributed by atoms with Crippen LogP contribution in [0.1, 0.15) is 52.9 Å². The Morgan fingerprint density at radius 1 is 1.47 bits per heavy atom. The molecule has 0 saturated heterocycles. The van der Waals surface area contributed by atoms with E-state index in [4.69, 9.17) is 5.73 Å². The maximum Gasteiger partial charge on any atom is 0.220 e. The van der Waals surface area contributed by atoms with Crippen LogP contribution in [0.2, 0.25) is 0 Å². The summed E-state index contributed by atoms with van der Waals surface area (Å²) < 4.78 is 0. The first-order valence-electron chi connectivity index (χ1n) is 6.49. The largest absolute Gasteiger partial charge is 0.349 e. The van der Waals surface area contributed by atoms with Gasteiger partial charge >= 0.3 is 0 Å². The molecule has 1 amide bonds. The summed E-state index contributed by atoms with van der Waals surface area (Å²) in [4.78, 5) is 11.8. The molecular weight excluding hydrogens is 236 g/mol. The van der Waals surface area contributed by atoms with Crippen LogP contribution in [0.25, 0.3) is 0 Å². The molecule has 4 heteroatoms. The van der Waals surface area contributed by atoms with Crippen molar-refractivity contribution in [3.63, 3.8) is 0 Å². The van der Waals surface area contributed by atoms with Crippen molar-refractivity contribution in [3.8, 4) is 0 Å². The molecule has 0 spiro atoms. The third-order valence-corrected chi connectivity index (χ3v) is 4.13. The molecule has 0 radical (unpaired) electrons. The summed E-state index contributed by atoms with van der Waals surface area (Å²) in [5.74, 6) is 1.33. The first kappa shape index (κ1) is 16.7. The van der Waals surface area contributed by atoms with Crippen LogP contribution in [0.3, 0.4) is 0 Å². The van der Waals surface area contributed by atoms with Crippen LogP contribution in [-0.2, 0) is 4.79 Å². The SMILES string of the molecule is CC(C)C(C)(CN)NC(=O)CCC1CCC1.Cl. The summed E-state index contributed by atoms with van der Waals surface area (Å²) in [5.41, 5.74) is 5.48. The molecule has 17 heavy (non-hydrogen) atoms. The van der Waals surface area contributed by atoms with Crippen molar-refractivity contribution in [2.45, 2.75) is 58.4 Å². The van der Waals surface area contributed by atoms with Gasteiger partial charge in [0.25, 0.3) is 0 Å². The first-order valence-corrected chi connectivity index (χ1v) is 6.49. The van der Waals surface area contributed by atoms with Gasteiger partial charge < -0.3 is 11.1 Å². The topological polar surface area (TPSA) is 55.1 Å². The van der Waals surface area contributed by atoms with E-state index in [1.807, 2.05) is 6.92 Å². The van der Waals surface area contributed by atoms with E-state index < -0.39 is 0 Å². The van der Waals surface area contributed by atoms with E-state index in [-0.39, 0.29) is 23.9 Å². The van der Waals surface area contributed by atoms with Crippen molar-refractivity contribution < 1.29 is 4.79 Å². The van der Waals surface area contributed by atoms with Gasteiger partial charge in [-0.3, -0.25) is 4.79 Å². The standard InChI is InChI=1S/C13H26N2O.ClH/c1-10(2)13(3,9-14)15-12(16)8-7-11-5-4-6-11;/h10-11H,4-9,14H2,1-3H3,(H,15,16);1H. The minimum absolute atomic E-state index is 0. The lowest BCUT2D eigenvalue weighted by Crippen LogP contribution is -2.55. The van der Waals surface area contributed by atoms with E-state index in [1.54, 1.807) is 0 Å². The average Bonchev–Trinajstić information content (AvgIpc) is 2.14. The molecule has 3 N–H and O–H groups in total. The number of nitrogens with one attached hydrogen (secondary N) is 1. The molecule has 0 aliphatic heterocycles. The number of nitrogens with two attached hydrogens (primary N) is 1. The molecule has 1 rings (SSSR count). The zero-order valence-electron chi connectivity index (χ0n) is 11.3. The highest BCUT2D eigenvalue weighted by molar-refractivity contribution is 5.85. The monoisotopic (exact) mass is 262 g/mol. The Morgan fingerprint density at radius 2 is 2.06 bits per heavy atom. The number of rotatable bonds is 6. The van der Waals surface area contributed by atoms with Gasteiger partial charge in [0.15, 0.2) is 0 Å². The van der Waals surface area contributed by atoms with Gasteiger partial charge in [-0.05, 0) is 25.2 Å². The van der Waals surface area contributed by atoms with Crippen LogP contribution in [0.5, 0.6) is 0 Å². The molecule has 0 bridgehead atoms. The van der Waals surface area contributed by atoms with Crippen molar-refractivity contribution in [3.05, 3.63) is 0 Å². The van der Waals surface area contributed by atoms with E-state index >= 15 is 0 Å². The minimum Gasteiger partial charge on any atom is -0.349 e. The molecule has 1 atom stereocenters. The summed E-state index contributed by atoms with van der Waals surface area (Å²) in [6.07, 6.45) is 5.67. The highest BCUT2D eigenvalue weighted by Crippen LogP contribution is 2.30. The molecule has 1 aliphatic carbocycles. The van der Waals surface area contributed by atoms with Crippen LogP contribution in [-0.4, -0.2) is 18.0 Å². The summed E-state index contributed by atoms with van der Waals surface area (Å²) in [6.45, 7) is 6.72. The zero-order valence-corrected chi connectivity index (χ0v) is 12.1. The van der Waals surface area contributed by atoms with Gasteiger partial charge in [0.1, 0.15) is 0 Å². The van der Waals surface area contributed by atoms with Crippen molar-refractivity contribution in [2.75, 3.05) is 6.54 Å². The Morgan fingerprint density at radius 3 is 2.41 bits per heavy atom. The normalized spacial score (nSPS) is 19.1. The van der Waals surface area contributed by atoms with Crippen LogP contribution in [0.15, 0.2) is 0 Å². The number of hydrogen-bond donors (Lipinski definition) is 2. The number of hydrogen-bond acceptors (Lipinski definition) is 2. The van der Waals surface area contributed by atoms with Gasteiger partial charge in [0.2, 0.25) is 5.91 Å². The fraction of sp³-hybridized carbons (Fsp3) is 0.923. The predicted octanol–water partition coefficient (Wildman–Crippen LogP) is 2.48. The van der Waals surface area contributed by atoms with E-state index in [0.29, 0.717) is 18.9 Å². The van der Waals surface area contributed by atoms with Crippen LogP contribution in [0, 0.1) is 11.8 Å². The maximum absolute atomic E-state index is 11.8. The molecule has 0 aromatic rings. The van der Waals surface area contributed by atoms with E-state index in [0.717, 1.165) is 12.3 Å². The molecule has 3 nitrogen and oxygen atoms in total. The predicted molar refractivity (Wildman–Crippen MR) is 74.3 cm³/mol. The zero-order chi connectivity index (χ0) is 12.2. The fourth-order valence-electron chi connectivity index (χ4n) is 1.93. The lowest BCUT2D eigenvalue weighted by Gasteiger charge is -2.34. The van der Waals surface area contributed by atoms with Crippen molar-refractivity contribution in [1.82, 2.24) is 5.32 Å². The first-order chi connectivity index (χ1) is 7.48. The van der Waals surface area contributed by atoms with E-state index in [9.17, 15) is 4.79 Å². The van der Waals surface area contributed by atoms with E-state index in [1.165, 1.54) is 19.3 Å². The van der Waals surface area contributed by atoms with Gasteiger partial charge in [0, 0.05) is 13.0 Å². The molecule has 0 heterocycles.